The molecule has 0 amide bonds. The second-order valence-corrected chi connectivity index (χ2v) is 5.02. The maximum Gasteiger partial charge on any atom is 0.311 e. The Hall–Kier alpha value is -1.55. The average Bonchev–Trinajstić information content (AvgIpc) is 2.31. The first-order valence-corrected chi connectivity index (χ1v) is 6.21. The van der Waals surface area contributed by atoms with Gasteiger partial charge >= 0.3 is 5.97 Å². The van der Waals surface area contributed by atoms with Crippen LogP contribution in [0.2, 0.25) is 0 Å². The summed E-state index contributed by atoms with van der Waals surface area (Å²) in [5.74, 6) is -0.834. The maximum atomic E-state index is 11.5. The Bertz CT molecular complexity index is 418. The van der Waals surface area contributed by atoms with Crippen LogP contribution in [0.25, 0.3) is 0 Å². The molecule has 0 radical (unpaired) electrons. The Balaban J connectivity index is 2.87. The highest BCUT2D eigenvalue weighted by molar-refractivity contribution is 5.75. The minimum Gasteiger partial charge on any atom is -0.481 e. The molecule has 0 bridgehead atoms. The average molecular weight is 250 g/mol. The van der Waals surface area contributed by atoms with Crippen LogP contribution in [0.15, 0.2) is 24.3 Å². The summed E-state index contributed by atoms with van der Waals surface area (Å²) < 4.78 is 0. The van der Waals surface area contributed by atoms with Gasteiger partial charge in [-0.1, -0.05) is 32.0 Å². The molecule has 1 aromatic rings. The molecule has 0 aliphatic carbocycles. The lowest BCUT2D eigenvalue weighted by Crippen LogP contribution is -2.43. The normalized spacial score (nSPS) is 14.4. The van der Waals surface area contributed by atoms with Gasteiger partial charge in [-0.05, 0) is 30.4 Å². The van der Waals surface area contributed by atoms with E-state index in [2.05, 4.69) is 0 Å². The molecule has 4 nitrogen and oxygen atoms in total. The van der Waals surface area contributed by atoms with Gasteiger partial charge in [-0.2, -0.15) is 0 Å². The summed E-state index contributed by atoms with van der Waals surface area (Å²) in [4.78, 5) is 11.5. The molecule has 4 heteroatoms. The van der Waals surface area contributed by atoms with Gasteiger partial charge in [-0.15, -0.1) is 0 Å². The molecule has 0 heterocycles. The number of aryl methyl sites for hydroxylation is 1. The molecule has 5 N–H and O–H groups in total. The number of para-hydroxylation sites is 1. The topological polar surface area (TPSA) is 89.3 Å². The van der Waals surface area contributed by atoms with Gasteiger partial charge < -0.3 is 16.6 Å². The van der Waals surface area contributed by atoms with Crippen LogP contribution in [0, 0.1) is 11.3 Å². The van der Waals surface area contributed by atoms with Crippen molar-refractivity contribution in [2.24, 2.45) is 17.1 Å². The third-order valence-electron chi connectivity index (χ3n) is 3.79. The summed E-state index contributed by atoms with van der Waals surface area (Å²) in [5.41, 5.74) is 12.4. The van der Waals surface area contributed by atoms with Crippen LogP contribution in [-0.4, -0.2) is 17.6 Å². The van der Waals surface area contributed by atoms with Gasteiger partial charge in [-0.3, -0.25) is 4.79 Å². The Morgan fingerprint density at radius 2 is 2.00 bits per heavy atom. The largest absolute Gasteiger partial charge is 0.481 e. The smallest absolute Gasteiger partial charge is 0.311 e. The number of carboxylic acid groups (broad SMARTS) is 1. The SMILES string of the molecule is CC(C)C(CN)(CCc1ccccc1N)C(=O)O. The van der Waals surface area contributed by atoms with E-state index >= 15 is 0 Å². The highest BCUT2D eigenvalue weighted by atomic mass is 16.4. The summed E-state index contributed by atoms with van der Waals surface area (Å²) in [6, 6.07) is 7.54. The van der Waals surface area contributed by atoms with Crippen molar-refractivity contribution in [3.8, 4) is 0 Å². The van der Waals surface area contributed by atoms with Gasteiger partial charge in [0.15, 0.2) is 0 Å². The van der Waals surface area contributed by atoms with Crippen molar-refractivity contribution in [3.63, 3.8) is 0 Å². The Morgan fingerprint density at radius 3 is 2.44 bits per heavy atom. The van der Waals surface area contributed by atoms with E-state index in [1.54, 1.807) is 0 Å². The first-order chi connectivity index (χ1) is 8.44. The highest BCUT2D eigenvalue weighted by Crippen LogP contribution is 2.33. The van der Waals surface area contributed by atoms with Gasteiger partial charge in [0.2, 0.25) is 0 Å². The number of aliphatic carboxylic acids is 1. The number of carboxylic acids is 1. The molecule has 1 aromatic carbocycles. The number of hydrogen-bond donors (Lipinski definition) is 3. The van der Waals surface area contributed by atoms with E-state index in [4.69, 9.17) is 11.5 Å². The maximum absolute atomic E-state index is 11.5. The van der Waals surface area contributed by atoms with Crippen molar-refractivity contribution in [2.45, 2.75) is 26.7 Å². The zero-order valence-corrected chi connectivity index (χ0v) is 11.0. The number of hydrogen-bond acceptors (Lipinski definition) is 3. The summed E-state index contributed by atoms with van der Waals surface area (Å²) in [6.45, 7) is 3.94. The van der Waals surface area contributed by atoms with E-state index in [0.717, 1.165) is 5.56 Å². The molecule has 0 aliphatic rings. The third kappa shape index (κ3) is 2.82. The van der Waals surface area contributed by atoms with Crippen molar-refractivity contribution >= 4 is 11.7 Å². The Labute approximate surface area is 108 Å². The van der Waals surface area contributed by atoms with Crippen LogP contribution in [0.5, 0.6) is 0 Å². The van der Waals surface area contributed by atoms with E-state index in [-0.39, 0.29) is 12.5 Å². The standard InChI is InChI=1S/C14H22N2O2/c1-10(2)14(9-15,13(17)18)8-7-11-5-3-4-6-12(11)16/h3-6,10H,7-9,15-16H2,1-2H3,(H,17,18). The third-order valence-corrected chi connectivity index (χ3v) is 3.79. The predicted molar refractivity (Wildman–Crippen MR) is 73.1 cm³/mol. The van der Waals surface area contributed by atoms with Gasteiger partial charge in [0, 0.05) is 12.2 Å². The lowest BCUT2D eigenvalue weighted by atomic mass is 9.73. The Kier molecular flexibility index (Phi) is 4.73. The predicted octanol–water partition coefficient (Wildman–Crippen LogP) is 1.89. The molecule has 0 aliphatic heterocycles. The van der Waals surface area contributed by atoms with Crippen LogP contribution in [0.1, 0.15) is 25.8 Å². The van der Waals surface area contributed by atoms with E-state index in [0.29, 0.717) is 18.5 Å². The van der Waals surface area contributed by atoms with E-state index < -0.39 is 11.4 Å². The quantitative estimate of drug-likeness (QED) is 0.672. The lowest BCUT2D eigenvalue weighted by molar-refractivity contribution is -0.151. The molecule has 0 fully saturated rings. The fourth-order valence-corrected chi connectivity index (χ4v) is 2.19. The first-order valence-electron chi connectivity index (χ1n) is 6.21. The Morgan fingerprint density at radius 1 is 1.39 bits per heavy atom. The van der Waals surface area contributed by atoms with Gasteiger partial charge in [0.1, 0.15) is 0 Å². The molecule has 1 unspecified atom stereocenters. The highest BCUT2D eigenvalue weighted by Gasteiger charge is 2.39. The number of carbonyl (C=O) groups is 1. The van der Waals surface area contributed by atoms with Crippen LogP contribution >= 0.6 is 0 Å². The summed E-state index contributed by atoms with van der Waals surface area (Å²) in [6.07, 6.45) is 1.14. The van der Waals surface area contributed by atoms with Crippen LogP contribution in [-0.2, 0) is 11.2 Å². The molecular formula is C14H22N2O2. The molecule has 1 atom stereocenters. The van der Waals surface area contributed by atoms with Crippen LogP contribution in [0.4, 0.5) is 5.69 Å². The molecule has 18 heavy (non-hydrogen) atoms. The summed E-state index contributed by atoms with van der Waals surface area (Å²) in [5, 5.41) is 9.43. The summed E-state index contributed by atoms with van der Waals surface area (Å²) >= 11 is 0. The van der Waals surface area contributed by atoms with E-state index in [1.807, 2.05) is 38.1 Å². The zero-order valence-electron chi connectivity index (χ0n) is 11.0. The summed E-state index contributed by atoms with van der Waals surface area (Å²) in [7, 11) is 0. The van der Waals surface area contributed by atoms with E-state index in [9.17, 15) is 9.90 Å². The van der Waals surface area contributed by atoms with Crippen LogP contribution in [0.3, 0.4) is 0 Å². The van der Waals surface area contributed by atoms with Crippen molar-refractivity contribution < 1.29 is 9.90 Å². The molecule has 0 saturated heterocycles. The fraction of sp³-hybridized carbons (Fsp3) is 0.500. The molecular weight excluding hydrogens is 228 g/mol. The molecule has 0 spiro atoms. The molecule has 1 rings (SSSR count). The first kappa shape index (κ1) is 14.5. The number of benzene rings is 1. The molecule has 0 saturated carbocycles. The second-order valence-electron chi connectivity index (χ2n) is 5.02. The van der Waals surface area contributed by atoms with Crippen LogP contribution < -0.4 is 11.5 Å². The minimum atomic E-state index is -0.873. The second kappa shape index (κ2) is 5.87. The van der Waals surface area contributed by atoms with Gasteiger partial charge in [0.25, 0.3) is 0 Å². The molecule has 0 aromatic heterocycles. The zero-order chi connectivity index (χ0) is 13.8. The number of nitrogens with two attached hydrogens (primary N) is 2. The van der Waals surface area contributed by atoms with Crippen molar-refractivity contribution in [3.05, 3.63) is 29.8 Å². The fourth-order valence-electron chi connectivity index (χ4n) is 2.19. The van der Waals surface area contributed by atoms with Crippen molar-refractivity contribution in [1.82, 2.24) is 0 Å². The van der Waals surface area contributed by atoms with Crippen molar-refractivity contribution in [2.75, 3.05) is 12.3 Å². The van der Waals surface area contributed by atoms with Gasteiger partial charge in [-0.25, -0.2) is 0 Å². The monoisotopic (exact) mass is 250 g/mol. The number of rotatable bonds is 6. The molecule has 100 valence electrons. The van der Waals surface area contributed by atoms with Gasteiger partial charge in [0.05, 0.1) is 5.41 Å². The van der Waals surface area contributed by atoms with Crippen molar-refractivity contribution in [1.29, 1.82) is 0 Å². The van der Waals surface area contributed by atoms with E-state index in [1.165, 1.54) is 0 Å². The number of anilines is 1. The lowest BCUT2D eigenvalue weighted by Gasteiger charge is -2.32. The number of nitrogen functional groups attached to an aromatic ring is 1. The minimum absolute atomic E-state index is 0.00932.